The molecule has 0 saturated heterocycles. The number of furan rings is 1. The third kappa shape index (κ3) is 2.58. The SMILES string of the molecule is Cc1c(NCc2cc3ccccc3o2)cccc1[N+](=O)[O-]. The zero-order valence-corrected chi connectivity index (χ0v) is 11.5. The van der Waals surface area contributed by atoms with E-state index in [2.05, 4.69) is 5.32 Å². The van der Waals surface area contributed by atoms with Crippen LogP contribution in [0.25, 0.3) is 11.0 Å². The maximum Gasteiger partial charge on any atom is 0.274 e. The van der Waals surface area contributed by atoms with Gasteiger partial charge >= 0.3 is 0 Å². The number of rotatable bonds is 4. The second kappa shape index (κ2) is 5.28. The zero-order valence-electron chi connectivity index (χ0n) is 11.5. The van der Waals surface area contributed by atoms with E-state index in [-0.39, 0.29) is 10.6 Å². The number of para-hydroxylation sites is 1. The van der Waals surface area contributed by atoms with Gasteiger partial charge in [0.2, 0.25) is 0 Å². The number of nitro groups is 1. The summed E-state index contributed by atoms with van der Waals surface area (Å²) in [4.78, 5) is 10.6. The van der Waals surface area contributed by atoms with Crippen LogP contribution in [0.1, 0.15) is 11.3 Å². The van der Waals surface area contributed by atoms with Gasteiger partial charge in [0, 0.05) is 22.7 Å². The van der Waals surface area contributed by atoms with E-state index >= 15 is 0 Å². The van der Waals surface area contributed by atoms with Gasteiger partial charge in [-0.3, -0.25) is 10.1 Å². The molecule has 21 heavy (non-hydrogen) atoms. The molecule has 0 spiro atoms. The topological polar surface area (TPSA) is 68.3 Å². The van der Waals surface area contributed by atoms with Crippen molar-refractivity contribution in [2.75, 3.05) is 5.32 Å². The fourth-order valence-corrected chi connectivity index (χ4v) is 2.32. The van der Waals surface area contributed by atoms with Gasteiger partial charge < -0.3 is 9.73 Å². The van der Waals surface area contributed by atoms with E-state index in [1.807, 2.05) is 36.4 Å². The molecule has 2 aromatic carbocycles. The van der Waals surface area contributed by atoms with E-state index in [4.69, 9.17) is 4.42 Å². The van der Waals surface area contributed by atoms with Gasteiger partial charge in [0.1, 0.15) is 11.3 Å². The maximum atomic E-state index is 10.9. The molecule has 0 aliphatic carbocycles. The fraction of sp³-hybridized carbons (Fsp3) is 0.125. The quantitative estimate of drug-likeness (QED) is 0.573. The molecule has 1 heterocycles. The Labute approximate surface area is 121 Å². The first-order valence-electron chi connectivity index (χ1n) is 6.60. The Morgan fingerprint density at radius 1 is 1.19 bits per heavy atom. The molecule has 1 aromatic heterocycles. The van der Waals surface area contributed by atoms with Crippen molar-refractivity contribution in [2.24, 2.45) is 0 Å². The van der Waals surface area contributed by atoms with Gasteiger partial charge in [-0.1, -0.05) is 24.3 Å². The Kier molecular flexibility index (Phi) is 3.31. The fourth-order valence-electron chi connectivity index (χ4n) is 2.32. The Bertz CT molecular complexity index is 775. The maximum absolute atomic E-state index is 10.9. The van der Waals surface area contributed by atoms with Crippen LogP contribution in [0.3, 0.4) is 0 Å². The van der Waals surface area contributed by atoms with E-state index < -0.39 is 0 Å². The van der Waals surface area contributed by atoms with E-state index in [0.717, 1.165) is 22.4 Å². The van der Waals surface area contributed by atoms with Crippen molar-refractivity contribution in [1.29, 1.82) is 0 Å². The van der Waals surface area contributed by atoms with Gasteiger partial charge in [0.25, 0.3) is 5.69 Å². The molecule has 0 radical (unpaired) electrons. The lowest BCUT2D eigenvalue weighted by atomic mass is 10.1. The van der Waals surface area contributed by atoms with Crippen LogP contribution >= 0.6 is 0 Å². The summed E-state index contributed by atoms with van der Waals surface area (Å²) in [5, 5.41) is 15.2. The number of nitrogens with one attached hydrogen (secondary N) is 1. The highest BCUT2D eigenvalue weighted by Gasteiger charge is 2.13. The molecular formula is C16H14N2O3. The minimum absolute atomic E-state index is 0.115. The number of hydrogen-bond acceptors (Lipinski definition) is 4. The first kappa shape index (κ1) is 13.2. The smallest absolute Gasteiger partial charge is 0.274 e. The van der Waals surface area contributed by atoms with Crippen molar-refractivity contribution in [2.45, 2.75) is 13.5 Å². The summed E-state index contributed by atoms with van der Waals surface area (Å²) >= 11 is 0. The highest BCUT2D eigenvalue weighted by molar-refractivity contribution is 5.77. The predicted molar refractivity (Wildman–Crippen MR) is 81.4 cm³/mol. The van der Waals surface area contributed by atoms with Crippen LogP contribution in [0.5, 0.6) is 0 Å². The molecule has 0 fully saturated rings. The largest absolute Gasteiger partial charge is 0.459 e. The van der Waals surface area contributed by atoms with E-state index in [1.54, 1.807) is 13.0 Å². The van der Waals surface area contributed by atoms with Crippen LogP contribution in [0.4, 0.5) is 11.4 Å². The Morgan fingerprint density at radius 3 is 2.76 bits per heavy atom. The first-order valence-corrected chi connectivity index (χ1v) is 6.60. The third-order valence-corrected chi connectivity index (χ3v) is 3.43. The lowest BCUT2D eigenvalue weighted by Crippen LogP contribution is -2.02. The molecule has 106 valence electrons. The second-order valence-electron chi connectivity index (χ2n) is 4.81. The number of fused-ring (bicyclic) bond motifs is 1. The van der Waals surface area contributed by atoms with Gasteiger partial charge in [-0.15, -0.1) is 0 Å². The molecule has 0 unspecified atom stereocenters. The van der Waals surface area contributed by atoms with Crippen molar-refractivity contribution in [1.82, 2.24) is 0 Å². The van der Waals surface area contributed by atoms with Crippen LogP contribution in [0.2, 0.25) is 0 Å². The highest BCUT2D eigenvalue weighted by atomic mass is 16.6. The van der Waals surface area contributed by atoms with Crippen molar-refractivity contribution in [3.63, 3.8) is 0 Å². The molecule has 0 amide bonds. The molecule has 0 saturated carbocycles. The molecular weight excluding hydrogens is 268 g/mol. The van der Waals surface area contributed by atoms with Crippen LogP contribution in [0.15, 0.2) is 52.9 Å². The average Bonchev–Trinajstić information content (AvgIpc) is 2.88. The summed E-state index contributed by atoms with van der Waals surface area (Å²) in [6, 6.07) is 14.7. The minimum Gasteiger partial charge on any atom is -0.459 e. The summed E-state index contributed by atoms with van der Waals surface area (Å²) in [5.41, 5.74) is 2.32. The standard InChI is InChI=1S/C16H14N2O3/c1-11-14(6-4-7-15(11)18(19)20)17-10-13-9-12-5-2-3-8-16(12)21-13/h2-9,17H,10H2,1H3. The lowest BCUT2D eigenvalue weighted by molar-refractivity contribution is -0.385. The summed E-state index contributed by atoms with van der Waals surface area (Å²) in [5.74, 6) is 0.794. The van der Waals surface area contributed by atoms with Crippen LogP contribution in [0, 0.1) is 17.0 Å². The molecule has 1 N–H and O–H groups in total. The molecule has 5 nitrogen and oxygen atoms in total. The second-order valence-corrected chi connectivity index (χ2v) is 4.81. The highest BCUT2D eigenvalue weighted by Crippen LogP contribution is 2.26. The van der Waals surface area contributed by atoms with Crippen molar-refractivity contribution in [3.05, 3.63) is 70.0 Å². The molecule has 0 aliphatic rings. The van der Waals surface area contributed by atoms with Gasteiger partial charge in [-0.2, -0.15) is 0 Å². The number of nitrogens with zero attached hydrogens (tertiary/aromatic N) is 1. The van der Waals surface area contributed by atoms with Gasteiger partial charge in [-0.25, -0.2) is 0 Å². The monoisotopic (exact) mass is 282 g/mol. The average molecular weight is 282 g/mol. The summed E-state index contributed by atoms with van der Waals surface area (Å²) < 4.78 is 5.71. The number of nitro benzene ring substituents is 1. The molecule has 3 rings (SSSR count). The number of hydrogen-bond donors (Lipinski definition) is 1. The van der Waals surface area contributed by atoms with E-state index in [9.17, 15) is 10.1 Å². The molecule has 5 heteroatoms. The molecule has 0 atom stereocenters. The molecule has 0 aliphatic heterocycles. The van der Waals surface area contributed by atoms with Gasteiger partial charge in [0.15, 0.2) is 0 Å². The first-order chi connectivity index (χ1) is 10.1. The Morgan fingerprint density at radius 2 is 2.00 bits per heavy atom. The number of benzene rings is 2. The van der Waals surface area contributed by atoms with E-state index in [1.165, 1.54) is 6.07 Å². The predicted octanol–water partition coefficient (Wildman–Crippen LogP) is 4.26. The zero-order chi connectivity index (χ0) is 14.8. The minimum atomic E-state index is -0.373. The molecule has 0 bridgehead atoms. The lowest BCUT2D eigenvalue weighted by Gasteiger charge is -2.08. The third-order valence-electron chi connectivity index (χ3n) is 3.43. The summed E-state index contributed by atoms with van der Waals surface area (Å²) in [6.45, 7) is 2.22. The van der Waals surface area contributed by atoms with E-state index in [0.29, 0.717) is 12.1 Å². The Balaban J connectivity index is 1.81. The van der Waals surface area contributed by atoms with Gasteiger partial charge in [-0.05, 0) is 25.1 Å². The summed E-state index contributed by atoms with van der Waals surface area (Å²) in [6.07, 6.45) is 0. The van der Waals surface area contributed by atoms with Crippen molar-refractivity contribution >= 4 is 22.3 Å². The van der Waals surface area contributed by atoms with Crippen LogP contribution < -0.4 is 5.32 Å². The van der Waals surface area contributed by atoms with Crippen molar-refractivity contribution in [3.8, 4) is 0 Å². The van der Waals surface area contributed by atoms with Crippen LogP contribution in [-0.4, -0.2) is 4.92 Å². The number of anilines is 1. The van der Waals surface area contributed by atoms with Crippen molar-refractivity contribution < 1.29 is 9.34 Å². The Hall–Kier alpha value is -2.82. The van der Waals surface area contributed by atoms with Crippen LogP contribution in [-0.2, 0) is 6.54 Å². The molecule has 3 aromatic rings. The summed E-state index contributed by atoms with van der Waals surface area (Å²) in [7, 11) is 0. The van der Waals surface area contributed by atoms with Gasteiger partial charge in [0.05, 0.1) is 11.5 Å². The normalized spacial score (nSPS) is 10.7.